The summed E-state index contributed by atoms with van der Waals surface area (Å²) in [6.07, 6.45) is 1.34. The molecule has 0 heterocycles. The summed E-state index contributed by atoms with van der Waals surface area (Å²) >= 11 is 9.04. The van der Waals surface area contributed by atoms with Gasteiger partial charge in [0.2, 0.25) is 9.84 Å². The normalized spacial score (nSPS) is 12.0. The fraction of sp³-hybridized carbons (Fsp3) is 0. The maximum absolute atomic E-state index is 12.4. The van der Waals surface area contributed by atoms with Crippen LogP contribution in [0, 0.1) is 11.3 Å². The third-order valence-electron chi connectivity index (χ3n) is 2.67. The van der Waals surface area contributed by atoms with Gasteiger partial charge in [0.15, 0.2) is 0 Å². The van der Waals surface area contributed by atoms with Crippen LogP contribution in [0.15, 0.2) is 62.8 Å². The van der Waals surface area contributed by atoms with Gasteiger partial charge in [-0.3, -0.25) is 0 Å². The van der Waals surface area contributed by atoms with Crippen molar-refractivity contribution in [3.63, 3.8) is 0 Å². The number of nitrogens with zero attached hydrogens (tertiary/aromatic N) is 1. The average Bonchev–Trinajstić information content (AvgIpc) is 2.45. The van der Waals surface area contributed by atoms with Crippen LogP contribution in [0.2, 0.25) is 5.02 Å². The van der Waals surface area contributed by atoms with Crippen molar-refractivity contribution in [2.45, 2.75) is 4.90 Å². The number of hydrogen-bond donors (Lipinski definition) is 0. The predicted molar refractivity (Wildman–Crippen MR) is 86.4 cm³/mol. The minimum absolute atomic E-state index is 0.0368. The lowest BCUT2D eigenvalue weighted by Crippen LogP contribution is -2.03. The first kappa shape index (κ1) is 15.8. The molecule has 0 radical (unpaired) electrons. The molecule has 0 aliphatic carbocycles. The molecule has 106 valence electrons. The van der Waals surface area contributed by atoms with Crippen molar-refractivity contribution >= 4 is 43.4 Å². The minimum Gasteiger partial charge on any atom is -0.218 e. The molecule has 21 heavy (non-hydrogen) atoms. The Bertz CT molecular complexity index is 837. The van der Waals surface area contributed by atoms with Crippen molar-refractivity contribution in [2.75, 3.05) is 0 Å². The van der Waals surface area contributed by atoms with E-state index in [4.69, 9.17) is 11.6 Å². The van der Waals surface area contributed by atoms with Crippen molar-refractivity contribution in [1.29, 1.82) is 5.26 Å². The van der Waals surface area contributed by atoms with Gasteiger partial charge in [-0.25, -0.2) is 8.42 Å². The molecule has 0 saturated carbocycles. The molecule has 2 aromatic rings. The quantitative estimate of drug-likeness (QED) is 0.737. The molecular formula is C15H9BrClNO2S. The summed E-state index contributed by atoms with van der Waals surface area (Å²) in [7, 11) is -3.85. The molecule has 0 aliphatic heterocycles. The van der Waals surface area contributed by atoms with Crippen LogP contribution in [0.5, 0.6) is 0 Å². The van der Waals surface area contributed by atoms with E-state index in [-0.39, 0.29) is 9.80 Å². The van der Waals surface area contributed by atoms with Gasteiger partial charge in [0.05, 0.1) is 4.90 Å². The third-order valence-corrected chi connectivity index (χ3v) is 5.10. The second-order valence-corrected chi connectivity index (χ2v) is 7.40. The predicted octanol–water partition coefficient (Wildman–Crippen LogP) is 4.44. The van der Waals surface area contributed by atoms with E-state index < -0.39 is 9.84 Å². The lowest BCUT2D eigenvalue weighted by Gasteiger charge is -2.03. The highest BCUT2D eigenvalue weighted by molar-refractivity contribution is 9.10. The molecule has 0 unspecified atom stereocenters. The van der Waals surface area contributed by atoms with Crippen molar-refractivity contribution in [2.24, 2.45) is 0 Å². The standard InChI is InChI=1S/C15H9BrClNO2S/c16-12-3-1-2-11(8-12)9-15(10-18)21(19,20)14-6-4-13(17)5-7-14/h1-9H/b15-9+. The molecule has 0 aromatic heterocycles. The first-order valence-corrected chi connectivity index (χ1v) is 8.47. The number of sulfone groups is 1. The monoisotopic (exact) mass is 381 g/mol. The van der Waals surface area contributed by atoms with E-state index in [0.717, 1.165) is 4.47 Å². The number of rotatable bonds is 3. The van der Waals surface area contributed by atoms with Crippen LogP contribution in [0.3, 0.4) is 0 Å². The van der Waals surface area contributed by atoms with Gasteiger partial charge in [-0.05, 0) is 48.0 Å². The highest BCUT2D eigenvalue weighted by Gasteiger charge is 2.20. The molecule has 2 rings (SSSR count). The van der Waals surface area contributed by atoms with E-state index in [1.165, 1.54) is 30.3 Å². The van der Waals surface area contributed by atoms with E-state index in [2.05, 4.69) is 15.9 Å². The molecule has 0 bridgehead atoms. The zero-order valence-corrected chi connectivity index (χ0v) is 13.8. The van der Waals surface area contributed by atoms with Crippen LogP contribution < -0.4 is 0 Å². The Morgan fingerprint density at radius 1 is 1.19 bits per heavy atom. The Morgan fingerprint density at radius 3 is 2.43 bits per heavy atom. The molecule has 0 spiro atoms. The van der Waals surface area contributed by atoms with E-state index in [1.807, 2.05) is 6.07 Å². The van der Waals surface area contributed by atoms with Crippen LogP contribution in [0.1, 0.15) is 5.56 Å². The van der Waals surface area contributed by atoms with Crippen molar-refractivity contribution in [3.05, 3.63) is 68.5 Å². The van der Waals surface area contributed by atoms with Gasteiger partial charge in [0, 0.05) is 9.50 Å². The maximum Gasteiger partial charge on any atom is 0.216 e. The molecule has 0 saturated heterocycles. The Labute approximate surface area is 136 Å². The molecule has 0 N–H and O–H groups in total. The van der Waals surface area contributed by atoms with Crippen LogP contribution in [-0.4, -0.2) is 8.42 Å². The van der Waals surface area contributed by atoms with E-state index >= 15 is 0 Å². The summed E-state index contributed by atoms with van der Waals surface area (Å²) in [5.74, 6) is 0. The van der Waals surface area contributed by atoms with Gasteiger partial charge in [0.1, 0.15) is 11.0 Å². The topological polar surface area (TPSA) is 57.9 Å². The average molecular weight is 383 g/mol. The fourth-order valence-electron chi connectivity index (χ4n) is 1.66. The van der Waals surface area contributed by atoms with E-state index in [0.29, 0.717) is 10.6 Å². The van der Waals surface area contributed by atoms with Gasteiger partial charge < -0.3 is 0 Å². The van der Waals surface area contributed by atoms with Crippen LogP contribution in [0.25, 0.3) is 6.08 Å². The summed E-state index contributed by atoms with van der Waals surface area (Å²) in [5, 5.41) is 9.61. The summed E-state index contributed by atoms with van der Waals surface area (Å²) in [5.41, 5.74) is 0.624. The zero-order chi connectivity index (χ0) is 15.5. The molecule has 0 amide bonds. The second kappa shape index (κ2) is 6.44. The van der Waals surface area contributed by atoms with Crippen LogP contribution in [-0.2, 0) is 9.84 Å². The van der Waals surface area contributed by atoms with Crippen molar-refractivity contribution < 1.29 is 8.42 Å². The molecule has 0 fully saturated rings. The lowest BCUT2D eigenvalue weighted by atomic mass is 10.2. The number of allylic oxidation sites excluding steroid dienone is 1. The highest BCUT2D eigenvalue weighted by Crippen LogP contribution is 2.23. The number of hydrogen-bond acceptors (Lipinski definition) is 3. The van der Waals surface area contributed by atoms with Crippen LogP contribution >= 0.6 is 27.5 Å². The number of nitriles is 1. The van der Waals surface area contributed by atoms with Crippen LogP contribution in [0.4, 0.5) is 0 Å². The molecule has 6 heteroatoms. The Hall–Kier alpha value is -1.61. The van der Waals surface area contributed by atoms with Gasteiger partial charge >= 0.3 is 0 Å². The highest BCUT2D eigenvalue weighted by atomic mass is 79.9. The fourth-order valence-corrected chi connectivity index (χ4v) is 3.36. The Morgan fingerprint density at radius 2 is 1.86 bits per heavy atom. The van der Waals surface area contributed by atoms with Crippen molar-refractivity contribution in [3.8, 4) is 6.07 Å². The number of halogens is 2. The first-order chi connectivity index (χ1) is 9.93. The molecular weight excluding hydrogens is 374 g/mol. The molecule has 0 atom stereocenters. The maximum atomic E-state index is 12.4. The summed E-state index contributed by atoms with van der Waals surface area (Å²) in [6.45, 7) is 0. The smallest absolute Gasteiger partial charge is 0.216 e. The zero-order valence-electron chi connectivity index (χ0n) is 10.6. The van der Waals surface area contributed by atoms with E-state index in [1.54, 1.807) is 24.3 Å². The van der Waals surface area contributed by atoms with Crippen molar-refractivity contribution in [1.82, 2.24) is 0 Å². The molecule has 2 aromatic carbocycles. The van der Waals surface area contributed by atoms with Gasteiger partial charge in [-0.1, -0.05) is 39.7 Å². The largest absolute Gasteiger partial charge is 0.218 e. The van der Waals surface area contributed by atoms with Gasteiger partial charge in [-0.15, -0.1) is 0 Å². The third kappa shape index (κ3) is 3.73. The molecule has 0 aliphatic rings. The second-order valence-electron chi connectivity index (χ2n) is 4.13. The lowest BCUT2D eigenvalue weighted by molar-refractivity contribution is 0.603. The molecule has 3 nitrogen and oxygen atoms in total. The summed E-state index contributed by atoms with van der Waals surface area (Å²) in [4.78, 5) is -0.280. The summed E-state index contributed by atoms with van der Waals surface area (Å²) < 4.78 is 25.6. The van der Waals surface area contributed by atoms with E-state index in [9.17, 15) is 13.7 Å². The Kier molecular flexibility index (Phi) is 4.84. The van der Waals surface area contributed by atoms with Gasteiger partial charge in [-0.2, -0.15) is 5.26 Å². The summed E-state index contributed by atoms with van der Waals surface area (Å²) in [6, 6.07) is 14.5. The van der Waals surface area contributed by atoms with Gasteiger partial charge in [0.25, 0.3) is 0 Å². The first-order valence-electron chi connectivity index (χ1n) is 5.81. The SMILES string of the molecule is N#C/C(=C\c1cccc(Br)c1)S(=O)(=O)c1ccc(Cl)cc1. The Balaban J connectivity index is 2.50. The minimum atomic E-state index is -3.85. The number of benzene rings is 2.